The molecular weight excluding hydrogens is 337 g/mol. The molecule has 1 unspecified atom stereocenters. The molecule has 1 saturated heterocycles. The van der Waals surface area contributed by atoms with Crippen LogP contribution in [-0.2, 0) is 4.79 Å². The number of benzene rings is 1. The maximum Gasteiger partial charge on any atom is 0.238 e. The summed E-state index contributed by atoms with van der Waals surface area (Å²) in [6, 6.07) is 5.02. The molecule has 0 radical (unpaired) electrons. The molecule has 0 aliphatic carbocycles. The largest absolute Gasteiger partial charge is 0.322 e. The molecule has 21 heavy (non-hydrogen) atoms. The first-order chi connectivity index (χ1) is 10.1. The highest BCUT2D eigenvalue weighted by molar-refractivity contribution is 9.10. The Labute approximate surface area is 133 Å². The number of carbonyl (C=O) groups excluding carboxylic acids is 1. The molecule has 0 aromatic heterocycles. The third kappa shape index (κ3) is 5.05. The molecular formula is C15H21BrFN3O. The topological polar surface area (TPSA) is 44.4 Å². The Hall–Kier alpha value is -0.980. The Morgan fingerprint density at radius 3 is 3.05 bits per heavy atom. The standard InChI is InChI=1S/C15H21BrFN3O/c1-20(12-3-2-7-18-8-6-12)10-15(21)19-14-5-4-11(16)9-13(14)17/h4-5,9,12,18H,2-3,6-8,10H2,1H3,(H,19,21). The van der Waals surface area contributed by atoms with Gasteiger partial charge in [0.25, 0.3) is 0 Å². The summed E-state index contributed by atoms with van der Waals surface area (Å²) in [5.74, 6) is -0.616. The molecule has 0 bridgehead atoms. The van der Waals surface area contributed by atoms with Gasteiger partial charge in [-0.2, -0.15) is 0 Å². The van der Waals surface area contributed by atoms with E-state index in [4.69, 9.17) is 0 Å². The van der Waals surface area contributed by atoms with E-state index >= 15 is 0 Å². The van der Waals surface area contributed by atoms with Crippen molar-refractivity contribution < 1.29 is 9.18 Å². The average Bonchev–Trinajstić information content (AvgIpc) is 2.71. The van der Waals surface area contributed by atoms with Crippen LogP contribution in [0.15, 0.2) is 22.7 Å². The maximum atomic E-state index is 13.7. The molecule has 116 valence electrons. The van der Waals surface area contributed by atoms with Crippen LogP contribution in [0.25, 0.3) is 0 Å². The van der Waals surface area contributed by atoms with Gasteiger partial charge in [-0.1, -0.05) is 15.9 Å². The van der Waals surface area contributed by atoms with Gasteiger partial charge in [0.1, 0.15) is 5.82 Å². The number of hydrogen-bond acceptors (Lipinski definition) is 3. The Morgan fingerprint density at radius 2 is 2.29 bits per heavy atom. The van der Waals surface area contributed by atoms with Crippen LogP contribution in [0.3, 0.4) is 0 Å². The number of amides is 1. The third-order valence-electron chi connectivity index (χ3n) is 3.77. The van der Waals surface area contributed by atoms with Crippen molar-refractivity contribution in [1.82, 2.24) is 10.2 Å². The maximum absolute atomic E-state index is 13.7. The fraction of sp³-hybridized carbons (Fsp3) is 0.533. The molecule has 1 aromatic carbocycles. The number of carbonyl (C=O) groups is 1. The second-order valence-electron chi connectivity index (χ2n) is 5.42. The Balaban J connectivity index is 1.88. The minimum atomic E-state index is -0.431. The molecule has 1 amide bonds. The predicted molar refractivity (Wildman–Crippen MR) is 85.9 cm³/mol. The van der Waals surface area contributed by atoms with Gasteiger partial charge in [0.05, 0.1) is 12.2 Å². The van der Waals surface area contributed by atoms with Crippen LogP contribution in [0, 0.1) is 5.82 Å². The minimum absolute atomic E-state index is 0.184. The first-order valence-corrected chi connectivity index (χ1v) is 8.01. The van der Waals surface area contributed by atoms with Gasteiger partial charge >= 0.3 is 0 Å². The molecule has 2 rings (SSSR count). The molecule has 1 atom stereocenters. The van der Waals surface area contributed by atoms with Gasteiger partial charge in [-0.3, -0.25) is 9.69 Å². The SMILES string of the molecule is CN(CC(=O)Nc1ccc(Br)cc1F)C1CCCNCC1. The second-order valence-corrected chi connectivity index (χ2v) is 6.34. The number of halogens is 2. The van der Waals surface area contributed by atoms with Crippen LogP contribution in [0.2, 0.25) is 0 Å². The van der Waals surface area contributed by atoms with Crippen molar-refractivity contribution >= 4 is 27.5 Å². The van der Waals surface area contributed by atoms with Gasteiger partial charge in [0.2, 0.25) is 5.91 Å². The monoisotopic (exact) mass is 357 g/mol. The van der Waals surface area contributed by atoms with E-state index in [-0.39, 0.29) is 18.1 Å². The minimum Gasteiger partial charge on any atom is -0.322 e. The number of hydrogen-bond donors (Lipinski definition) is 2. The van der Waals surface area contributed by atoms with E-state index < -0.39 is 5.82 Å². The van der Waals surface area contributed by atoms with E-state index in [0.717, 1.165) is 32.4 Å². The average molecular weight is 358 g/mol. The van der Waals surface area contributed by atoms with Gasteiger partial charge in [0.15, 0.2) is 0 Å². The fourth-order valence-corrected chi connectivity index (χ4v) is 2.91. The van der Waals surface area contributed by atoms with E-state index in [1.807, 2.05) is 7.05 Å². The van der Waals surface area contributed by atoms with Crippen LogP contribution < -0.4 is 10.6 Å². The van der Waals surface area contributed by atoms with Crippen molar-refractivity contribution in [2.24, 2.45) is 0 Å². The van der Waals surface area contributed by atoms with Gasteiger partial charge in [0, 0.05) is 10.5 Å². The molecule has 0 spiro atoms. The summed E-state index contributed by atoms with van der Waals surface area (Å²) in [7, 11) is 1.95. The van der Waals surface area contributed by atoms with Crippen LogP contribution in [0.1, 0.15) is 19.3 Å². The summed E-state index contributed by atoms with van der Waals surface area (Å²) in [5.41, 5.74) is 0.221. The Bertz CT molecular complexity index is 490. The third-order valence-corrected chi connectivity index (χ3v) is 4.26. The smallest absolute Gasteiger partial charge is 0.238 e. The van der Waals surface area contributed by atoms with Crippen LogP contribution in [0.5, 0.6) is 0 Å². The molecule has 1 aromatic rings. The summed E-state index contributed by atoms with van der Waals surface area (Å²) < 4.78 is 14.3. The lowest BCUT2D eigenvalue weighted by Gasteiger charge is -2.26. The molecule has 0 saturated carbocycles. The zero-order chi connectivity index (χ0) is 15.2. The Morgan fingerprint density at radius 1 is 1.48 bits per heavy atom. The van der Waals surface area contributed by atoms with Crippen LogP contribution in [0.4, 0.5) is 10.1 Å². The molecule has 4 nitrogen and oxygen atoms in total. The highest BCUT2D eigenvalue weighted by Gasteiger charge is 2.19. The molecule has 1 fully saturated rings. The van der Waals surface area contributed by atoms with E-state index in [1.165, 1.54) is 6.07 Å². The number of anilines is 1. The molecule has 2 N–H and O–H groups in total. The lowest BCUT2D eigenvalue weighted by Crippen LogP contribution is -2.38. The van der Waals surface area contributed by atoms with E-state index in [0.29, 0.717) is 10.5 Å². The molecule has 1 aliphatic rings. The van der Waals surface area contributed by atoms with Crippen molar-refractivity contribution in [3.63, 3.8) is 0 Å². The normalized spacial score (nSPS) is 19.3. The van der Waals surface area contributed by atoms with Crippen molar-refractivity contribution in [3.8, 4) is 0 Å². The number of nitrogens with one attached hydrogen (secondary N) is 2. The van der Waals surface area contributed by atoms with Gasteiger partial charge in [-0.25, -0.2) is 4.39 Å². The number of nitrogens with zero attached hydrogens (tertiary/aromatic N) is 1. The Kier molecular flexibility index (Phi) is 6.14. The summed E-state index contributed by atoms with van der Waals surface area (Å²) >= 11 is 3.20. The van der Waals surface area contributed by atoms with Crippen LogP contribution >= 0.6 is 15.9 Å². The summed E-state index contributed by atoms with van der Waals surface area (Å²) in [6.45, 7) is 2.30. The highest BCUT2D eigenvalue weighted by Crippen LogP contribution is 2.19. The number of rotatable bonds is 4. The van der Waals surface area contributed by atoms with E-state index in [9.17, 15) is 9.18 Å². The molecule has 6 heteroatoms. The van der Waals surface area contributed by atoms with E-state index in [1.54, 1.807) is 12.1 Å². The van der Waals surface area contributed by atoms with Gasteiger partial charge in [-0.05, 0) is 57.6 Å². The van der Waals surface area contributed by atoms with Crippen molar-refractivity contribution in [1.29, 1.82) is 0 Å². The summed E-state index contributed by atoms with van der Waals surface area (Å²) in [6.07, 6.45) is 3.25. The first kappa shape index (κ1) is 16.4. The quantitative estimate of drug-likeness (QED) is 0.870. The van der Waals surface area contributed by atoms with Crippen molar-refractivity contribution in [3.05, 3.63) is 28.5 Å². The van der Waals surface area contributed by atoms with Gasteiger partial charge < -0.3 is 10.6 Å². The zero-order valence-corrected chi connectivity index (χ0v) is 13.7. The van der Waals surface area contributed by atoms with Crippen molar-refractivity contribution in [2.45, 2.75) is 25.3 Å². The fourth-order valence-electron chi connectivity index (χ4n) is 2.58. The van der Waals surface area contributed by atoms with E-state index in [2.05, 4.69) is 31.5 Å². The van der Waals surface area contributed by atoms with Gasteiger partial charge in [-0.15, -0.1) is 0 Å². The van der Waals surface area contributed by atoms with Crippen molar-refractivity contribution in [2.75, 3.05) is 32.0 Å². The number of likely N-dealkylation sites (N-methyl/N-ethyl adjacent to an activating group) is 1. The lowest BCUT2D eigenvalue weighted by molar-refractivity contribution is -0.117. The lowest BCUT2D eigenvalue weighted by atomic mass is 10.1. The van der Waals surface area contributed by atoms with Crippen LogP contribution in [-0.4, -0.2) is 43.5 Å². The highest BCUT2D eigenvalue weighted by atomic mass is 79.9. The first-order valence-electron chi connectivity index (χ1n) is 7.22. The molecule has 1 heterocycles. The molecule has 1 aliphatic heterocycles. The second kappa shape index (κ2) is 7.87. The zero-order valence-electron chi connectivity index (χ0n) is 12.2. The predicted octanol–water partition coefficient (Wildman–Crippen LogP) is 2.60. The summed E-state index contributed by atoms with van der Waals surface area (Å²) in [4.78, 5) is 14.1. The summed E-state index contributed by atoms with van der Waals surface area (Å²) in [5, 5.41) is 5.99.